The molecule has 0 aromatic carbocycles. The van der Waals surface area contributed by atoms with Gasteiger partial charge in [-0.2, -0.15) is 0 Å². The van der Waals surface area contributed by atoms with Crippen molar-refractivity contribution in [2.24, 2.45) is 0 Å². The Bertz CT molecular complexity index is 629. The van der Waals surface area contributed by atoms with Crippen molar-refractivity contribution in [3.8, 4) is 0 Å². The fourth-order valence-electron chi connectivity index (χ4n) is 3.44. The summed E-state index contributed by atoms with van der Waals surface area (Å²) in [5.74, 6) is 0.0000157. The van der Waals surface area contributed by atoms with Crippen molar-refractivity contribution in [2.75, 3.05) is 26.3 Å². The average Bonchev–Trinajstić information content (AvgIpc) is 2.63. The van der Waals surface area contributed by atoms with Crippen LogP contribution in [0.15, 0.2) is 23.1 Å². The molecule has 25 heavy (non-hydrogen) atoms. The monoisotopic (exact) mass is 348 g/mol. The van der Waals surface area contributed by atoms with Gasteiger partial charge in [0, 0.05) is 32.0 Å². The van der Waals surface area contributed by atoms with Gasteiger partial charge >= 0.3 is 0 Å². The minimum Gasteiger partial charge on any atom is -0.376 e. The standard InChI is InChI=1S/C19H28N2O4/c1-15-5-8-21(18(22)12-15)13-19(23)20-9-6-16(7-10-20)25-14-17-4-2-3-11-24-17/h5,8,12,16-17H,2-4,6-7,9-11,13-14H2,1H3/t17-/m1/s1. The fraction of sp³-hybridized carbons (Fsp3) is 0.684. The molecule has 3 heterocycles. The van der Waals surface area contributed by atoms with Gasteiger partial charge in [-0.05, 0) is 50.7 Å². The number of likely N-dealkylation sites (tertiary alicyclic amines) is 1. The van der Waals surface area contributed by atoms with Crippen molar-refractivity contribution >= 4 is 5.91 Å². The largest absolute Gasteiger partial charge is 0.376 e. The first-order valence-corrected chi connectivity index (χ1v) is 9.30. The van der Waals surface area contributed by atoms with Crippen molar-refractivity contribution in [2.45, 2.75) is 57.8 Å². The second kappa shape index (κ2) is 8.63. The van der Waals surface area contributed by atoms with E-state index in [1.54, 1.807) is 12.3 Å². The number of rotatable bonds is 5. The molecule has 0 radical (unpaired) electrons. The third-order valence-electron chi connectivity index (χ3n) is 5.04. The number of aryl methyl sites for hydroxylation is 1. The number of piperidine rings is 1. The van der Waals surface area contributed by atoms with Gasteiger partial charge in [0.25, 0.3) is 5.56 Å². The Morgan fingerprint density at radius 2 is 2.08 bits per heavy atom. The first-order valence-electron chi connectivity index (χ1n) is 9.30. The number of hydrogen-bond donors (Lipinski definition) is 0. The number of carbonyl (C=O) groups is 1. The van der Waals surface area contributed by atoms with Gasteiger partial charge in [-0.3, -0.25) is 9.59 Å². The second-order valence-electron chi connectivity index (χ2n) is 7.07. The fourth-order valence-corrected chi connectivity index (χ4v) is 3.44. The van der Waals surface area contributed by atoms with Gasteiger partial charge in [-0.1, -0.05) is 0 Å². The van der Waals surface area contributed by atoms with Crippen LogP contribution in [0.4, 0.5) is 0 Å². The highest BCUT2D eigenvalue weighted by atomic mass is 16.5. The van der Waals surface area contributed by atoms with Crippen LogP contribution in [-0.4, -0.2) is 53.9 Å². The molecule has 1 aromatic rings. The zero-order valence-electron chi connectivity index (χ0n) is 15.0. The molecule has 0 bridgehead atoms. The first kappa shape index (κ1) is 18.1. The number of ether oxygens (including phenoxy) is 2. The Morgan fingerprint density at radius 1 is 1.28 bits per heavy atom. The SMILES string of the molecule is Cc1ccn(CC(=O)N2CCC(OC[C@H]3CCCCO3)CC2)c(=O)c1. The summed E-state index contributed by atoms with van der Waals surface area (Å²) < 4.78 is 13.1. The van der Waals surface area contributed by atoms with E-state index < -0.39 is 0 Å². The van der Waals surface area contributed by atoms with E-state index in [-0.39, 0.29) is 30.2 Å². The lowest BCUT2D eigenvalue weighted by Gasteiger charge is -2.33. The Hall–Kier alpha value is -1.66. The summed E-state index contributed by atoms with van der Waals surface area (Å²) >= 11 is 0. The van der Waals surface area contributed by atoms with Gasteiger partial charge in [0.2, 0.25) is 5.91 Å². The lowest BCUT2D eigenvalue weighted by Crippen LogP contribution is -2.43. The quantitative estimate of drug-likeness (QED) is 0.813. The second-order valence-corrected chi connectivity index (χ2v) is 7.07. The summed E-state index contributed by atoms with van der Waals surface area (Å²) in [7, 11) is 0. The van der Waals surface area contributed by atoms with E-state index in [1.165, 1.54) is 11.0 Å². The summed E-state index contributed by atoms with van der Waals surface area (Å²) in [4.78, 5) is 26.2. The van der Waals surface area contributed by atoms with E-state index in [0.717, 1.165) is 37.9 Å². The van der Waals surface area contributed by atoms with Crippen molar-refractivity contribution < 1.29 is 14.3 Å². The highest BCUT2D eigenvalue weighted by Crippen LogP contribution is 2.18. The molecule has 2 saturated heterocycles. The minimum absolute atomic E-state index is 0.0000157. The van der Waals surface area contributed by atoms with Crippen molar-refractivity contribution in [1.29, 1.82) is 0 Å². The molecule has 1 atom stereocenters. The summed E-state index contributed by atoms with van der Waals surface area (Å²) in [6.45, 7) is 4.87. The lowest BCUT2D eigenvalue weighted by atomic mass is 10.1. The maximum atomic E-state index is 12.4. The predicted octanol–water partition coefficient (Wildman–Crippen LogP) is 1.73. The highest BCUT2D eigenvalue weighted by molar-refractivity contribution is 5.76. The Kier molecular flexibility index (Phi) is 6.26. The molecule has 6 nitrogen and oxygen atoms in total. The normalized spacial score (nSPS) is 22.1. The number of carbonyl (C=O) groups excluding carboxylic acids is 1. The smallest absolute Gasteiger partial charge is 0.251 e. The molecule has 1 aromatic heterocycles. The Labute approximate surface area is 148 Å². The topological polar surface area (TPSA) is 60.8 Å². The van der Waals surface area contributed by atoms with Crippen LogP contribution < -0.4 is 5.56 Å². The molecule has 2 fully saturated rings. The highest BCUT2D eigenvalue weighted by Gasteiger charge is 2.24. The number of amides is 1. The van der Waals surface area contributed by atoms with E-state index in [4.69, 9.17) is 9.47 Å². The number of aromatic nitrogens is 1. The summed E-state index contributed by atoms with van der Waals surface area (Å²) in [6.07, 6.45) is 7.29. The molecule has 6 heteroatoms. The van der Waals surface area contributed by atoms with Crippen LogP contribution in [0.1, 0.15) is 37.7 Å². The molecule has 138 valence electrons. The van der Waals surface area contributed by atoms with Gasteiger partial charge in [0.05, 0.1) is 18.8 Å². The maximum Gasteiger partial charge on any atom is 0.251 e. The summed E-state index contributed by atoms with van der Waals surface area (Å²) in [5.41, 5.74) is 0.785. The number of hydrogen-bond acceptors (Lipinski definition) is 4. The van der Waals surface area contributed by atoms with Gasteiger partial charge in [0.1, 0.15) is 6.54 Å². The molecular weight excluding hydrogens is 320 g/mol. The predicted molar refractivity (Wildman–Crippen MR) is 94.6 cm³/mol. The Balaban J connectivity index is 1.42. The molecule has 3 rings (SSSR count). The van der Waals surface area contributed by atoms with E-state index in [2.05, 4.69) is 0 Å². The molecule has 0 N–H and O–H groups in total. The molecule has 0 unspecified atom stereocenters. The van der Waals surface area contributed by atoms with Gasteiger partial charge in [-0.25, -0.2) is 0 Å². The molecule has 0 saturated carbocycles. The summed E-state index contributed by atoms with van der Waals surface area (Å²) in [5, 5.41) is 0. The molecule has 1 amide bonds. The number of pyridine rings is 1. The van der Waals surface area contributed by atoms with E-state index >= 15 is 0 Å². The molecule has 0 aliphatic carbocycles. The van der Waals surface area contributed by atoms with E-state index in [9.17, 15) is 9.59 Å². The van der Waals surface area contributed by atoms with Gasteiger partial charge in [-0.15, -0.1) is 0 Å². The van der Waals surface area contributed by atoms with Crippen LogP contribution in [0.25, 0.3) is 0 Å². The zero-order valence-corrected chi connectivity index (χ0v) is 15.0. The van der Waals surface area contributed by atoms with Crippen LogP contribution in [-0.2, 0) is 20.8 Å². The average molecular weight is 348 g/mol. The molecule has 2 aliphatic rings. The van der Waals surface area contributed by atoms with Crippen LogP contribution in [0.3, 0.4) is 0 Å². The number of nitrogens with zero attached hydrogens (tertiary/aromatic N) is 2. The van der Waals surface area contributed by atoms with Crippen molar-refractivity contribution in [3.63, 3.8) is 0 Å². The van der Waals surface area contributed by atoms with Crippen LogP contribution in [0.5, 0.6) is 0 Å². The van der Waals surface area contributed by atoms with Crippen molar-refractivity contribution in [3.05, 3.63) is 34.2 Å². The van der Waals surface area contributed by atoms with E-state index in [0.29, 0.717) is 19.7 Å². The molecular formula is C19H28N2O4. The third-order valence-corrected chi connectivity index (χ3v) is 5.04. The van der Waals surface area contributed by atoms with Gasteiger partial charge in [0.15, 0.2) is 0 Å². The maximum absolute atomic E-state index is 12.4. The van der Waals surface area contributed by atoms with Crippen molar-refractivity contribution in [1.82, 2.24) is 9.47 Å². The van der Waals surface area contributed by atoms with Crippen LogP contribution >= 0.6 is 0 Å². The van der Waals surface area contributed by atoms with Crippen LogP contribution in [0, 0.1) is 6.92 Å². The first-order chi connectivity index (χ1) is 12.1. The zero-order chi connectivity index (χ0) is 17.6. The van der Waals surface area contributed by atoms with Crippen LogP contribution in [0.2, 0.25) is 0 Å². The van der Waals surface area contributed by atoms with E-state index in [1.807, 2.05) is 17.9 Å². The molecule has 0 spiro atoms. The minimum atomic E-state index is -0.126. The Morgan fingerprint density at radius 3 is 2.76 bits per heavy atom. The lowest BCUT2D eigenvalue weighted by molar-refractivity contribution is -0.135. The molecule has 2 aliphatic heterocycles. The third kappa shape index (κ3) is 5.16. The summed E-state index contributed by atoms with van der Waals surface area (Å²) in [6, 6.07) is 3.41. The van der Waals surface area contributed by atoms with Gasteiger partial charge < -0.3 is 18.9 Å².